The number of likely N-dealkylation sites (N-methyl/N-ethyl adjacent to an activating group) is 1. The number of pyridine rings is 3. The smallest absolute Gasteiger partial charge is 0.420 e. The van der Waals surface area contributed by atoms with Gasteiger partial charge in [-0.3, -0.25) is 24.1 Å². The minimum atomic E-state index is -4.80. The van der Waals surface area contributed by atoms with Crippen LogP contribution in [0.15, 0.2) is 96.1 Å². The summed E-state index contributed by atoms with van der Waals surface area (Å²) in [4.78, 5) is 33.9. The van der Waals surface area contributed by atoms with Gasteiger partial charge in [-0.15, -0.1) is 0 Å². The van der Waals surface area contributed by atoms with Crippen molar-refractivity contribution in [3.63, 3.8) is 0 Å². The summed E-state index contributed by atoms with van der Waals surface area (Å²) in [6, 6.07) is 21.5. The van der Waals surface area contributed by atoms with E-state index in [1.165, 1.54) is 23.7 Å². The zero-order valence-electron chi connectivity index (χ0n) is 21.6. The van der Waals surface area contributed by atoms with Crippen LogP contribution in [0.2, 0.25) is 0 Å². The van der Waals surface area contributed by atoms with Crippen molar-refractivity contribution in [3.05, 3.63) is 107 Å². The normalized spacial score (nSPS) is 11.7. The fourth-order valence-corrected chi connectivity index (χ4v) is 4.80. The molecule has 0 saturated carbocycles. The van der Waals surface area contributed by atoms with E-state index in [-0.39, 0.29) is 5.69 Å². The minimum absolute atomic E-state index is 0.00880. The Morgan fingerprint density at radius 3 is 2.49 bits per heavy atom. The number of rotatable bonds is 5. The maximum atomic E-state index is 14.1. The number of halogens is 3. The molecule has 6 aromatic rings. The molecule has 0 aliphatic carbocycles. The molecule has 0 bridgehead atoms. The van der Waals surface area contributed by atoms with Gasteiger partial charge < -0.3 is 10.1 Å². The molecule has 3 aromatic carbocycles. The van der Waals surface area contributed by atoms with Gasteiger partial charge in [0.1, 0.15) is 5.75 Å². The molecule has 10 heteroatoms. The number of fused-ring (bicyclic) bond motifs is 4. The summed E-state index contributed by atoms with van der Waals surface area (Å²) in [5, 5.41) is 4.41. The van der Waals surface area contributed by atoms with E-state index in [0.717, 1.165) is 34.2 Å². The van der Waals surface area contributed by atoms with Crippen molar-refractivity contribution in [1.82, 2.24) is 19.9 Å². The monoisotopic (exact) mass is 554 g/mol. The third-order valence-electron chi connectivity index (χ3n) is 6.81. The van der Waals surface area contributed by atoms with Gasteiger partial charge in [0.2, 0.25) is 0 Å². The van der Waals surface area contributed by atoms with Gasteiger partial charge in [-0.05, 0) is 54.1 Å². The van der Waals surface area contributed by atoms with E-state index in [2.05, 4.69) is 15.3 Å². The Morgan fingerprint density at radius 2 is 1.68 bits per heavy atom. The predicted octanol–water partition coefficient (Wildman–Crippen LogP) is 5.90. The first-order valence-corrected chi connectivity index (χ1v) is 12.6. The number of nitrogens with zero attached hydrogens (tertiary/aromatic N) is 3. The van der Waals surface area contributed by atoms with E-state index >= 15 is 0 Å². The van der Waals surface area contributed by atoms with Crippen LogP contribution in [-0.4, -0.2) is 34.1 Å². The Labute approximate surface area is 230 Å². The van der Waals surface area contributed by atoms with Gasteiger partial charge in [0.15, 0.2) is 6.61 Å². The second kappa shape index (κ2) is 10.1. The molecule has 0 unspecified atom stereocenters. The summed E-state index contributed by atoms with van der Waals surface area (Å²) in [5.74, 6) is -1.10. The summed E-state index contributed by atoms with van der Waals surface area (Å²) < 4.78 is 48.6. The molecular formula is C31H21F3N4O3. The highest BCUT2D eigenvalue weighted by molar-refractivity contribution is 6.05. The number of para-hydroxylation sites is 1. The Bertz CT molecular complexity index is 2040. The average Bonchev–Trinajstić information content (AvgIpc) is 2.98. The first kappa shape index (κ1) is 26.0. The van der Waals surface area contributed by atoms with Gasteiger partial charge in [-0.25, -0.2) is 0 Å². The lowest BCUT2D eigenvalue weighted by molar-refractivity contribution is -0.139. The predicted molar refractivity (Wildman–Crippen MR) is 150 cm³/mol. The third kappa shape index (κ3) is 4.84. The second-order valence-electron chi connectivity index (χ2n) is 9.36. The molecule has 0 saturated heterocycles. The highest BCUT2D eigenvalue weighted by Crippen LogP contribution is 2.38. The summed E-state index contributed by atoms with van der Waals surface area (Å²) in [6.45, 7) is -0.587. The molecule has 0 fully saturated rings. The number of nitrogens with one attached hydrogen (secondary N) is 1. The molecule has 0 aliphatic rings. The van der Waals surface area contributed by atoms with E-state index in [0.29, 0.717) is 21.8 Å². The zero-order valence-corrected chi connectivity index (χ0v) is 21.6. The molecule has 204 valence electrons. The lowest BCUT2D eigenvalue weighted by Crippen LogP contribution is -2.25. The van der Waals surface area contributed by atoms with Crippen LogP contribution >= 0.6 is 0 Å². The molecule has 0 aliphatic heterocycles. The van der Waals surface area contributed by atoms with Crippen molar-refractivity contribution >= 4 is 38.6 Å². The molecule has 1 N–H and O–H groups in total. The van der Waals surface area contributed by atoms with Crippen LogP contribution in [0, 0.1) is 0 Å². The molecule has 3 aromatic heterocycles. The first-order valence-electron chi connectivity index (χ1n) is 12.6. The van der Waals surface area contributed by atoms with Crippen molar-refractivity contribution in [2.45, 2.75) is 6.18 Å². The van der Waals surface area contributed by atoms with E-state index in [1.54, 1.807) is 24.5 Å². The molecule has 0 spiro atoms. The molecule has 0 radical (unpaired) electrons. The number of ether oxygens (including phenoxy) is 1. The fraction of sp³-hybridized carbons (Fsp3) is 0.0968. The van der Waals surface area contributed by atoms with Crippen LogP contribution in [0.4, 0.5) is 13.2 Å². The van der Waals surface area contributed by atoms with Crippen molar-refractivity contribution < 1.29 is 22.7 Å². The van der Waals surface area contributed by atoms with Gasteiger partial charge in [-0.1, -0.05) is 24.3 Å². The Balaban J connectivity index is 1.56. The number of aromatic nitrogens is 3. The lowest BCUT2D eigenvalue weighted by atomic mass is 10.0. The highest BCUT2D eigenvalue weighted by atomic mass is 19.4. The number of carbonyl (C=O) groups is 1. The van der Waals surface area contributed by atoms with Crippen LogP contribution in [0.1, 0.15) is 5.56 Å². The van der Waals surface area contributed by atoms with Gasteiger partial charge in [0, 0.05) is 47.2 Å². The Morgan fingerprint density at radius 1 is 0.878 bits per heavy atom. The van der Waals surface area contributed by atoms with E-state index in [1.807, 2.05) is 42.5 Å². The van der Waals surface area contributed by atoms with E-state index < -0.39 is 35.6 Å². The van der Waals surface area contributed by atoms with Crippen LogP contribution < -0.4 is 15.6 Å². The molecule has 3 heterocycles. The number of hydrogen-bond donors (Lipinski definition) is 1. The van der Waals surface area contributed by atoms with Gasteiger partial charge in [0.25, 0.3) is 11.5 Å². The Kier molecular flexibility index (Phi) is 6.37. The molecule has 0 atom stereocenters. The quantitative estimate of drug-likeness (QED) is 0.268. The third-order valence-corrected chi connectivity index (χ3v) is 6.81. The average molecular weight is 555 g/mol. The van der Waals surface area contributed by atoms with E-state index in [4.69, 9.17) is 4.74 Å². The van der Waals surface area contributed by atoms with Crippen LogP contribution in [0.25, 0.3) is 49.5 Å². The Hall–Kier alpha value is -5.25. The molecule has 7 nitrogen and oxygen atoms in total. The highest BCUT2D eigenvalue weighted by Gasteiger charge is 2.35. The van der Waals surface area contributed by atoms with Crippen molar-refractivity contribution in [1.29, 1.82) is 0 Å². The summed E-state index contributed by atoms with van der Waals surface area (Å²) in [7, 11) is 1.35. The first-order chi connectivity index (χ1) is 19.7. The number of alkyl halides is 3. The summed E-state index contributed by atoms with van der Waals surface area (Å²) >= 11 is 0. The summed E-state index contributed by atoms with van der Waals surface area (Å²) in [6.07, 6.45) is -1.47. The number of hydrogen-bond acceptors (Lipinski definition) is 5. The maximum Gasteiger partial charge on any atom is 0.420 e. The van der Waals surface area contributed by atoms with Crippen LogP contribution in [0.5, 0.6) is 5.75 Å². The molecule has 41 heavy (non-hydrogen) atoms. The lowest BCUT2D eigenvalue weighted by Gasteiger charge is -2.17. The number of amides is 1. The summed E-state index contributed by atoms with van der Waals surface area (Å²) in [5.41, 5.74) is 1.83. The zero-order chi connectivity index (χ0) is 28.7. The molecule has 6 rings (SSSR count). The fourth-order valence-electron chi connectivity index (χ4n) is 4.80. The van der Waals surface area contributed by atoms with Crippen LogP contribution in [0.3, 0.4) is 0 Å². The number of carbonyl (C=O) groups excluding carboxylic acids is 1. The van der Waals surface area contributed by atoms with Gasteiger partial charge in [0.05, 0.1) is 27.8 Å². The van der Waals surface area contributed by atoms with Crippen molar-refractivity contribution in [2.24, 2.45) is 0 Å². The van der Waals surface area contributed by atoms with Gasteiger partial charge in [-0.2, -0.15) is 13.2 Å². The topological polar surface area (TPSA) is 86.1 Å². The molecular weight excluding hydrogens is 533 g/mol. The van der Waals surface area contributed by atoms with Gasteiger partial charge >= 0.3 is 6.18 Å². The largest absolute Gasteiger partial charge is 0.483 e. The number of benzene rings is 3. The second-order valence-corrected chi connectivity index (χ2v) is 9.36. The van der Waals surface area contributed by atoms with Crippen molar-refractivity contribution in [3.8, 4) is 22.6 Å². The van der Waals surface area contributed by atoms with Crippen LogP contribution in [-0.2, 0) is 11.0 Å². The molecule has 1 amide bonds. The standard InChI is InChI=1S/C31H21F3N4O3/c1-35-28(39)17-41-27-10-8-22(14-24(27)31(32,33)34)38-29(40)11-7-20-15-37-26-9-6-18(13-23(26)30(20)38)21-12-19-4-2-3-5-25(19)36-16-21/h2-16H,17H2,1H3,(H,35,39). The van der Waals surface area contributed by atoms with E-state index in [9.17, 15) is 22.8 Å². The minimum Gasteiger partial charge on any atom is -0.483 e. The maximum absolute atomic E-state index is 14.1. The SMILES string of the molecule is CNC(=O)COc1ccc(-n2c(=O)ccc3cnc4ccc(-c5cnc6ccccc6c5)cc4c32)cc1C(F)(F)F. The van der Waals surface area contributed by atoms with Crippen molar-refractivity contribution in [2.75, 3.05) is 13.7 Å².